The van der Waals surface area contributed by atoms with Crippen molar-refractivity contribution in [2.24, 2.45) is 11.8 Å². The Hall–Kier alpha value is -0.0800. The smallest absolute Gasteiger partial charge is 0.0105 e. The molecule has 1 saturated heterocycles. The average molecular weight is 283 g/mol. The fourth-order valence-electron chi connectivity index (χ4n) is 3.29. The first-order valence-corrected chi connectivity index (χ1v) is 8.82. The van der Waals surface area contributed by atoms with E-state index in [-0.39, 0.29) is 5.54 Å². The molecule has 2 nitrogen and oxygen atoms in total. The molecule has 0 aliphatic carbocycles. The van der Waals surface area contributed by atoms with Crippen molar-refractivity contribution in [2.75, 3.05) is 19.6 Å². The summed E-state index contributed by atoms with van der Waals surface area (Å²) in [6.45, 7) is 17.7. The maximum atomic E-state index is 3.66. The van der Waals surface area contributed by atoms with Crippen LogP contribution in [0.25, 0.3) is 0 Å². The van der Waals surface area contributed by atoms with E-state index in [1.54, 1.807) is 0 Å². The van der Waals surface area contributed by atoms with Crippen molar-refractivity contribution in [1.82, 2.24) is 10.2 Å². The van der Waals surface area contributed by atoms with Crippen molar-refractivity contribution < 1.29 is 0 Å². The van der Waals surface area contributed by atoms with Gasteiger partial charge in [0.15, 0.2) is 0 Å². The van der Waals surface area contributed by atoms with Crippen LogP contribution in [0.4, 0.5) is 0 Å². The zero-order valence-electron chi connectivity index (χ0n) is 14.8. The summed E-state index contributed by atoms with van der Waals surface area (Å²) in [5, 5.41) is 3.66. The van der Waals surface area contributed by atoms with E-state index < -0.39 is 0 Å². The van der Waals surface area contributed by atoms with Crippen molar-refractivity contribution in [2.45, 2.75) is 85.2 Å². The van der Waals surface area contributed by atoms with Crippen molar-refractivity contribution in [3.05, 3.63) is 0 Å². The first kappa shape index (κ1) is 18.0. The normalized spacial score (nSPS) is 25.2. The second-order valence-electron chi connectivity index (χ2n) is 7.97. The van der Waals surface area contributed by atoms with E-state index in [2.05, 4.69) is 51.8 Å². The van der Waals surface area contributed by atoms with Crippen LogP contribution in [-0.2, 0) is 0 Å². The molecule has 1 aliphatic rings. The summed E-state index contributed by atoms with van der Waals surface area (Å²) in [6, 6.07) is 0.699. The third-order valence-electron chi connectivity index (χ3n) is 4.93. The topological polar surface area (TPSA) is 15.3 Å². The summed E-state index contributed by atoms with van der Waals surface area (Å²) in [7, 11) is 0. The maximum absolute atomic E-state index is 3.66. The Kier molecular flexibility index (Phi) is 7.53. The number of nitrogens with one attached hydrogen (secondary N) is 1. The van der Waals surface area contributed by atoms with Crippen LogP contribution in [0.1, 0.15) is 73.6 Å². The van der Waals surface area contributed by atoms with Gasteiger partial charge in [-0.15, -0.1) is 0 Å². The lowest BCUT2D eigenvalue weighted by atomic mass is 9.96. The Morgan fingerprint density at radius 3 is 2.45 bits per heavy atom. The van der Waals surface area contributed by atoms with E-state index in [1.165, 1.54) is 45.2 Å². The first-order valence-electron chi connectivity index (χ1n) is 8.82. The number of likely N-dealkylation sites (tertiary alicyclic amines) is 1. The van der Waals surface area contributed by atoms with Gasteiger partial charge in [0, 0.05) is 11.6 Å². The average Bonchev–Trinajstić information content (AvgIpc) is 2.60. The van der Waals surface area contributed by atoms with Crippen molar-refractivity contribution in [3.63, 3.8) is 0 Å². The molecule has 1 rings (SSSR count). The van der Waals surface area contributed by atoms with Gasteiger partial charge >= 0.3 is 0 Å². The van der Waals surface area contributed by atoms with Gasteiger partial charge < -0.3 is 10.2 Å². The second kappa shape index (κ2) is 8.38. The third kappa shape index (κ3) is 6.58. The van der Waals surface area contributed by atoms with Crippen LogP contribution >= 0.6 is 0 Å². The highest BCUT2D eigenvalue weighted by molar-refractivity contribution is 4.80. The van der Waals surface area contributed by atoms with Gasteiger partial charge in [-0.1, -0.05) is 26.7 Å². The largest absolute Gasteiger partial charge is 0.312 e. The van der Waals surface area contributed by atoms with Gasteiger partial charge in [-0.3, -0.25) is 0 Å². The van der Waals surface area contributed by atoms with Crippen LogP contribution in [0.3, 0.4) is 0 Å². The lowest BCUT2D eigenvalue weighted by molar-refractivity contribution is 0.158. The highest BCUT2D eigenvalue weighted by Crippen LogP contribution is 2.24. The van der Waals surface area contributed by atoms with Crippen LogP contribution in [-0.4, -0.2) is 36.1 Å². The predicted molar refractivity (Wildman–Crippen MR) is 90.2 cm³/mol. The van der Waals surface area contributed by atoms with Crippen LogP contribution in [0.5, 0.6) is 0 Å². The molecule has 0 amide bonds. The van der Waals surface area contributed by atoms with E-state index in [0.717, 1.165) is 18.4 Å². The minimum absolute atomic E-state index is 0.235. The molecular weight excluding hydrogens is 244 g/mol. The highest BCUT2D eigenvalue weighted by atomic mass is 15.2. The van der Waals surface area contributed by atoms with Crippen LogP contribution < -0.4 is 5.32 Å². The zero-order chi connectivity index (χ0) is 15.2. The molecule has 3 atom stereocenters. The van der Waals surface area contributed by atoms with E-state index in [9.17, 15) is 0 Å². The summed E-state index contributed by atoms with van der Waals surface area (Å²) in [5.74, 6) is 1.71. The zero-order valence-corrected chi connectivity index (χ0v) is 14.8. The fourth-order valence-corrected chi connectivity index (χ4v) is 3.29. The molecule has 1 heterocycles. The highest BCUT2D eigenvalue weighted by Gasteiger charge is 2.24. The van der Waals surface area contributed by atoms with Gasteiger partial charge in [0.05, 0.1) is 0 Å². The molecular formula is C18H38N2. The van der Waals surface area contributed by atoms with Gasteiger partial charge in [-0.05, 0) is 78.4 Å². The number of hydrogen-bond acceptors (Lipinski definition) is 2. The minimum Gasteiger partial charge on any atom is -0.312 e. The Morgan fingerprint density at radius 1 is 1.15 bits per heavy atom. The van der Waals surface area contributed by atoms with Gasteiger partial charge in [-0.2, -0.15) is 0 Å². The second-order valence-corrected chi connectivity index (χ2v) is 7.97. The Bertz CT molecular complexity index is 257. The van der Waals surface area contributed by atoms with E-state index in [0.29, 0.717) is 6.04 Å². The molecule has 120 valence electrons. The lowest BCUT2D eigenvalue weighted by Gasteiger charge is -2.34. The molecule has 0 aromatic carbocycles. The van der Waals surface area contributed by atoms with Gasteiger partial charge in [-0.25, -0.2) is 0 Å². The summed E-state index contributed by atoms with van der Waals surface area (Å²) < 4.78 is 0. The Labute approximate surface area is 127 Å². The number of nitrogens with zero attached hydrogens (tertiary/aromatic N) is 1. The van der Waals surface area contributed by atoms with Crippen LogP contribution in [0.2, 0.25) is 0 Å². The standard InChI is InChI=1S/C18H38N2/c1-7-9-17-10-8-12-20(13-11-17)16(3)15(2)14-19-18(4,5)6/h15-17,19H,7-14H2,1-6H3. The fraction of sp³-hybridized carbons (Fsp3) is 1.00. The molecule has 0 aromatic rings. The number of rotatable bonds is 6. The van der Waals surface area contributed by atoms with Crippen LogP contribution in [0, 0.1) is 11.8 Å². The molecule has 1 fully saturated rings. The summed E-state index contributed by atoms with van der Waals surface area (Å²) in [4.78, 5) is 2.74. The molecule has 0 bridgehead atoms. The SMILES string of the molecule is CCCC1CCCN(C(C)C(C)CNC(C)(C)C)CC1. The molecule has 0 radical (unpaired) electrons. The Morgan fingerprint density at radius 2 is 1.85 bits per heavy atom. The first-order chi connectivity index (χ1) is 9.33. The van der Waals surface area contributed by atoms with E-state index >= 15 is 0 Å². The maximum Gasteiger partial charge on any atom is 0.0105 e. The molecule has 0 saturated carbocycles. The van der Waals surface area contributed by atoms with E-state index in [1.807, 2.05) is 0 Å². The van der Waals surface area contributed by atoms with Crippen molar-refractivity contribution in [1.29, 1.82) is 0 Å². The molecule has 20 heavy (non-hydrogen) atoms. The van der Waals surface area contributed by atoms with E-state index in [4.69, 9.17) is 0 Å². The lowest BCUT2D eigenvalue weighted by Crippen LogP contribution is -2.45. The Balaban J connectivity index is 2.40. The summed E-state index contributed by atoms with van der Waals surface area (Å²) in [6.07, 6.45) is 7.05. The molecule has 1 N–H and O–H groups in total. The van der Waals surface area contributed by atoms with Crippen molar-refractivity contribution >= 4 is 0 Å². The predicted octanol–water partition coefficient (Wildman–Crippen LogP) is 4.30. The molecule has 3 unspecified atom stereocenters. The third-order valence-corrected chi connectivity index (χ3v) is 4.93. The van der Waals surface area contributed by atoms with Crippen LogP contribution in [0.15, 0.2) is 0 Å². The van der Waals surface area contributed by atoms with Gasteiger partial charge in [0.25, 0.3) is 0 Å². The van der Waals surface area contributed by atoms with Gasteiger partial charge in [0.2, 0.25) is 0 Å². The molecule has 2 heteroatoms. The molecule has 0 spiro atoms. The summed E-state index contributed by atoms with van der Waals surface area (Å²) >= 11 is 0. The minimum atomic E-state index is 0.235. The summed E-state index contributed by atoms with van der Waals surface area (Å²) in [5.41, 5.74) is 0.235. The van der Waals surface area contributed by atoms with Crippen molar-refractivity contribution in [3.8, 4) is 0 Å². The molecule has 1 aliphatic heterocycles. The molecule has 0 aromatic heterocycles. The monoisotopic (exact) mass is 282 g/mol. The quantitative estimate of drug-likeness (QED) is 0.781. The number of hydrogen-bond donors (Lipinski definition) is 1. The van der Waals surface area contributed by atoms with Gasteiger partial charge in [0.1, 0.15) is 0 Å².